The monoisotopic (exact) mass is 597 g/mol. The third kappa shape index (κ3) is 5.14. The molecule has 0 bridgehead atoms. The molecule has 0 saturated heterocycles. The van der Waals surface area contributed by atoms with Crippen LogP contribution in [0.2, 0.25) is 5.02 Å². The van der Waals surface area contributed by atoms with Crippen molar-refractivity contribution in [2.75, 3.05) is 0 Å². The molecule has 0 aliphatic rings. The molecule has 0 radical (unpaired) electrons. The number of aryl methyl sites for hydroxylation is 2. The number of phenolic OH excluding ortho intramolecular Hbond substituents is 1. The van der Waals surface area contributed by atoms with Crippen LogP contribution in [0.25, 0.3) is 27.7 Å². The summed E-state index contributed by atoms with van der Waals surface area (Å²) in [5.41, 5.74) is 0.402. The van der Waals surface area contributed by atoms with Gasteiger partial charge in [0.15, 0.2) is 11.4 Å². The first kappa shape index (κ1) is 28.6. The highest BCUT2D eigenvalue weighted by atomic mass is 35.5. The van der Waals surface area contributed by atoms with Crippen molar-refractivity contribution in [1.29, 1.82) is 0 Å². The number of aromatic carboxylic acids is 1. The molecule has 42 heavy (non-hydrogen) atoms. The van der Waals surface area contributed by atoms with Crippen LogP contribution in [0.5, 0.6) is 11.6 Å². The van der Waals surface area contributed by atoms with Gasteiger partial charge in [0.05, 0.1) is 16.6 Å². The fourth-order valence-electron chi connectivity index (χ4n) is 4.50. The van der Waals surface area contributed by atoms with Crippen molar-refractivity contribution >= 4 is 39.8 Å². The average molecular weight is 598 g/mol. The second-order valence-electron chi connectivity index (χ2n) is 9.53. The van der Waals surface area contributed by atoms with Crippen LogP contribution in [0.4, 0.5) is 28.9 Å². The number of hydrogen-bond donors (Lipinski definition) is 3. The summed E-state index contributed by atoms with van der Waals surface area (Å²) in [6.45, 7) is 3.69. The molecule has 5 aromatic rings. The van der Waals surface area contributed by atoms with Crippen LogP contribution in [0.15, 0.2) is 77.0 Å². The summed E-state index contributed by atoms with van der Waals surface area (Å²) >= 11 is 6.22. The number of phenols is 1. The summed E-state index contributed by atoms with van der Waals surface area (Å²) in [6, 6.07) is 13.8. The minimum atomic E-state index is -4.65. The van der Waals surface area contributed by atoms with Crippen molar-refractivity contribution in [1.82, 2.24) is 4.57 Å². The van der Waals surface area contributed by atoms with Gasteiger partial charge in [0, 0.05) is 21.7 Å². The van der Waals surface area contributed by atoms with E-state index in [4.69, 9.17) is 11.6 Å². The standard InChI is InChI=1S/C30H20ClF4N3O4/c1-14-3-6-19(9-15(14)2)38-25-11-17(30(33,34)35)5-7-20(25)26(28(38)40)37-36-24-13-18(31)12-21(27(24)39)16-4-8-23(32)22(10-16)29(41)42/h3-13,39-40H,1-2H3,(H,41,42). The van der Waals surface area contributed by atoms with Gasteiger partial charge < -0.3 is 15.3 Å². The quantitative estimate of drug-likeness (QED) is 0.139. The van der Waals surface area contributed by atoms with E-state index in [0.29, 0.717) is 5.69 Å². The average Bonchev–Trinajstić information content (AvgIpc) is 3.20. The summed E-state index contributed by atoms with van der Waals surface area (Å²) in [4.78, 5) is 11.4. The lowest BCUT2D eigenvalue weighted by atomic mass is 10.0. The van der Waals surface area contributed by atoms with Gasteiger partial charge >= 0.3 is 12.1 Å². The Balaban J connectivity index is 1.68. The summed E-state index contributed by atoms with van der Waals surface area (Å²) in [5, 5.41) is 39.7. The molecule has 4 aromatic carbocycles. The summed E-state index contributed by atoms with van der Waals surface area (Å²) < 4.78 is 55.9. The van der Waals surface area contributed by atoms with E-state index in [9.17, 15) is 37.7 Å². The van der Waals surface area contributed by atoms with Gasteiger partial charge in [0.1, 0.15) is 11.5 Å². The third-order valence-corrected chi connectivity index (χ3v) is 7.03. The van der Waals surface area contributed by atoms with E-state index >= 15 is 0 Å². The first-order valence-electron chi connectivity index (χ1n) is 12.3. The SMILES string of the molecule is Cc1ccc(-n2c(O)c(N=Nc3cc(Cl)cc(-c4ccc(F)c(C(=O)O)c4)c3O)c3ccc(C(F)(F)F)cc32)cc1C. The number of alkyl halides is 3. The Bertz CT molecular complexity index is 1930. The molecule has 1 aromatic heterocycles. The van der Waals surface area contributed by atoms with Crippen molar-refractivity contribution in [2.45, 2.75) is 20.0 Å². The Kier molecular flexibility index (Phi) is 7.15. The van der Waals surface area contributed by atoms with Gasteiger partial charge in [-0.05, 0) is 85.1 Å². The van der Waals surface area contributed by atoms with E-state index < -0.39 is 40.7 Å². The van der Waals surface area contributed by atoms with Crippen LogP contribution in [0, 0.1) is 19.7 Å². The largest absolute Gasteiger partial charge is 0.505 e. The molecule has 0 spiro atoms. The summed E-state index contributed by atoms with van der Waals surface area (Å²) in [6.07, 6.45) is -4.65. The van der Waals surface area contributed by atoms with Crippen molar-refractivity contribution < 1.29 is 37.7 Å². The first-order valence-corrected chi connectivity index (χ1v) is 12.6. The Hall–Kier alpha value is -4.90. The molecule has 12 heteroatoms. The maximum Gasteiger partial charge on any atom is 0.416 e. The van der Waals surface area contributed by atoms with E-state index in [0.717, 1.165) is 35.4 Å². The number of carboxylic acid groups (broad SMARTS) is 1. The van der Waals surface area contributed by atoms with Crippen LogP contribution in [-0.4, -0.2) is 25.9 Å². The van der Waals surface area contributed by atoms with Gasteiger partial charge in [-0.15, -0.1) is 10.2 Å². The number of aromatic nitrogens is 1. The summed E-state index contributed by atoms with van der Waals surface area (Å²) in [7, 11) is 0. The number of carboxylic acids is 1. The number of hydrogen-bond acceptors (Lipinski definition) is 5. The number of nitrogens with zero attached hydrogens (tertiary/aromatic N) is 3. The number of benzene rings is 4. The van der Waals surface area contributed by atoms with Crippen molar-refractivity contribution in [3.63, 3.8) is 0 Å². The molecular weight excluding hydrogens is 578 g/mol. The highest BCUT2D eigenvalue weighted by Gasteiger charge is 2.32. The lowest BCUT2D eigenvalue weighted by molar-refractivity contribution is -0.137. The zero-order valence-corrected chi connectivity index (χ0v) is 22.6. The molecule has 0 amide bonds. The van der Waals surface area contributed by atoms with Gasteiger partial charge in [-0.25, -0.2) is 9.18 Å². The van der Waals surface area contributed by atoms with Gasteiger partial charge in [0.25, 0.3) is 0 Å². The molecule has 7 nitrogen and oxygen atoms in total. The van der Waals surface area contributed by atoms with Crippen molar-refractivity contribution in [3.8, 4) is 28.4 Å². The maximum absolute atomic E-state index is 13.9. The molecule has 0 fully saturated rings. The molecule has 0 saturated carbocycles. The summed E-state index contributed by atoms with van der Waals surface area (Å²) in [5.74, 6) is -3.47. The third-order valence-electron chi connectivity index (χ3n) is 6.81. The number of fused-ring (bicyclic) bond motifs is 1. The molecule has 3 N–H and O–H groups in total. The number of carbonyl (C=O) groups is 1. The lowest BCUT2D eigenvalue weighted by Crippen LogP contribution is -2.05. The van der Waals surface area contributed by atoms with Gasteiger partial charge in [-0.3, -0.25) is 4.57 Å². The number of aromatic hydroxyl groups is 2. The van der Waals surface area contributed by atoms with Gasteiger partial charge in [-0.2, -0.15) is 13.2 Å². The highest BCUT2D eigenvalue weighted by molar-refractivity contribution is 6.31. The molecule has 0 unspecified atom stereocenters. The molecule has 0 aliphatic heterocycles. The zero-order chi connectivity index (χ0) is 30.5. The van der Waals surface area contributed by atoms with E-state index in [1.165, 1.54) is 28.8 Å². The predicted octanol–water partition coefficient (Wildman–Crippen LogP) is 9.25. The topological polar surface area (TPSA) is 107 Å². The van der Waals surface area contributed by atoms with Crippen molar-refractivity contribution in [3.05, 3.63) is 99.8 Å². The molecule has 1 heterocycles. The van der Waals surface area contributed by atoms with E-state index in [-0.39, 0.29) is 38.4 Å². The zero-order valence-electron chi connectivity index (χ0n) is 21.8. The van der Waals surface area contributed by atoms with Gasteiger partial charge in [-0.1, -0.05) is 23.7 Å². The fraction of sp³-hybridized carbons (Fsp3) is 0.100. The van der Waals surface area contributed by atoms with E-state index in [2.05, 4.69) is 10.2 Å². The van der Waals surface area contributed by atoms with Crippen LogP contribution in [0.3, 0.4) is 0 Å². The molecule has 214 valence electrons. The lowest BCUT2D eigenvalue weighted by Gasteiger charge is -2.11. The number of azo groups is 1. The Morgan fingerprint density at radius 3 is 2.31 bits per heavy atom. The van der Waals surface area contributed by atoms with E-state index in [1.807, 2.05) is 13.8 Å². The molecule has 0 aliphatic carbocycles. The van der Waals surface area contributed by atoms with E-state index in [1.54, 1.807) is 18.2 Å². The predicted molar refractivity (Wildman–Crippen MR) is 149 cm³/mol. The smallest absolute Gasteiger partial charge is 0.416 e. The Labute approximate surface area is 240 Å². The second kappa shape index (κ2) is 10.5. The minimum absolute atomic E-state index is 0.0167. The van der Waals surface area contributed by atoms with Crippen LogP contribution >= 0.6 is 11.6 Å². The Morgan fingerprint density at radius 1 is 0.905 bits per heavy atom. The normalized spacial score (nSPS) is 12.0. The molecule has 0 atom stereocenters. The van der Waals surface area contributed by atoms with Gasteiger partial charge in [0.2, 0.25) is 5.88 Å². The second-order valence-corrected chi connectivity index (χ2v) is 9.96. The number of rotatable bonds is 5. The maximum atomic E-state index is 13.9. The van der Waals surface area contributed by atoms with Crippen LogP contribution in [0.1, 0.15) is 27.0 Å². The van der Waals surface area contributed by atoms with Crippen LogP contribution < -0.4 is 0 Å². The number of halogens is 5. The van der Waals surface area contributed by atoms with Crippen LogP contribution in [-0.2, 0) is 6.18 Å². The molecular formula is C30H20ClF4N3O4. The van der Waals surface area contributed by atoms with Crippen molar-refractivity contribution in [2.24, 2.45) is 10.2 Å². The fourth-order valence-corrected chi connectivity index (χ4v) is 4.71. The highest BCUT2D eigenvalue weighted by Crippen LogP contribution is 2.46. The minimum Gasteiger partial charge on any atom is -0.505 e. The Morgan fingerprint density at radius 2 is 1.64 bits per heavy atom. The first-order chi connectivity index (χ1) is 19.8. The molecule has 5 rings (SSSR count).